The number of hydrogen-bond acceptors (Lipinski definition) is 2. The number of nitrogens with zero attached hydrogens (tertiary/aromatic N) is 1. The highest BCUT2D eigenvalue weighted by molar-refractivity contribution is 6.29. The van der Waals surface area contributed by atoms with Crippen LogP contribution in [0.25, 0.3) is 109 Å². The highest BCUT2D eigenvalue weighted by atomic mass is 16.3. The molecule has 0 fully saturated rings. The molecule has 0 amide bonds. The van der Waals surface area contributed by atoms with Crippen LogP contribution in [0, 0.1) is 0 Å². The molecule has 0 bridgehead atoms. The Bertz CT molecular complexity index is 3150. The minimum Gasteiger partial charge on any atom is -0.455 e. The standard InChI is InChI=1S/C47H27NO/c1-2-12-28(13-3-1)46-41-27-37(35-20-10-11-21-36(35)44(41)39-22-29-14-4-6-16-31(29)25-42(39)48-46)38-24-33-18-8-9-19-34(33)45-40-23-30-15-5-7-17-32(30)26-43(40)49-47(38)45/h1-27H. The van der Waals surface area contributed by atoms with Gasteiger partial charge in [-0.15, -0.1) is 0 Å². The Balaban J connectivity index is 1.34. The molecule has 11 rings (SSSR count). The first-order chi connectivity index (χ1) is 24.3. The molecule has 0 spiro atoms. The summed E-state index contributed by atoms with van der Waals surface area (Å²) in [6, 6.07) is 59.0. The van der Waals surface area contributed by atoms with E-state index in [1.165, 1.54) is 48.5 Å². The lowest BCUT2D eigenvalue weighted by Gasteiger charge is -2.17. The van der Waals surface area contributed by atoms with Crippen molar-refractivity contribution in [2.75, 3.05) is 0 Å². The van der Waals surface area contributed by atoms with Gasteiger partial charge in [0.25, 0.3) is 0 Å². The lowest BCUT2D eigenvalue weighted by molar-refractivity contribution is 0.671. The zero-order valence-electron chi connectivity index (χ0n) is 26.4. The van der Waals surface area contributed by atoms with Crippen molar-refractivity contribution in [3.8, 4) is 22.4 Å². The van der Waals surface area contributed by atoms with Gasteiger partial charge in [0.1, 0.15) is 11.2 Å². The van der Waals surface area contributed by atoms with Gasteiger partial charge in [0.15, 0.2) is 0 Å². The summed E-state index contributed by atoms with van der Waals surface area (Å²) in [7, 11) is 0. The Labute approximate surface area is 281 Å². The fraction of sp³-hybridized carbons (Fsp3) is 0. The molecule has 0 saturated carbocycles. The van der Waals surface area contributed by atoms with Crippen LogP contribution in [0.5, 0.6) is 0 Å². The molecule has 0 saturated heterocycles. The second kappa shape index (κ2) is 10.00. The summed E-state index contributed by atoms with van der Waals surface area (Å²) in [5, 5.41) is 15.4. The summed E-state index contributed by atoms with van der Waals surface area (Å²) < 4.78 is 6.93. The molecule has 11 aromatic rings. The molecule has 49 heavy (non-hydrogen) atoms. The van der Waals surface area contributed by atoms with Crippen molar-refractivity contribution >= 4 is 86.7 Å². The van der Waals surface area contributed by atoms with E-state index in [0.717, 1.165) is 60.6 Å². The fourth-order valence-electron chi connectivity index (χ4n) is 8.10. The van der Waals surface area contributed by atoms with E-state index in [2.05, 4.69) is 164 Å². The predicted octanol–water partition coefficient (Wildman–Crippen LogP) is 13.2. The van der Waals surface area contributed by atoms with Crippen molar-refractivity contribution in [2.45, 2.75) is 0 Å². The maximum absolute atomic E-state index is 6.93. The Hall–Kier alpha value is -6.51. The molecule has 2 heterocycles. The first-order valence-corrected chi connectivity index (χ1v) is 16.8. The lowest BCUT2D eigenvalue weighted by Crippen LogP contribution is -1.93. The average molecular weight is 622 g/mol. The van der Waals surface area contributed by atoms with Crippen molar-refractivity contribution < 1.29 is 4.42 Å². The van der Waals surface area contributed by atoms with Gasteiger partial charge in [-0.1, -0.05) is 127 Å². The monoisotopic (exact) mass is 621 g/mol. The summed E-state index contributed by atoms with van der Waals surface area (Å²) in [6.45, 7) is 0. The van der Waals surface area contributed by atoms with E-state index >= 15 is 0 Å². The van der Waals surface area contributed by atoms with Crippen molar-refractivity contribution in [3.05, 3.63) is 164 Å². The largest absolute Gasteiger partial charge is 0.455 e. The number of pyridine rings is 1. The van der Waals surface area contributed by atoms with Crippen LogP contribution in [0.2, 0.25) is 0 Å². The highest BCUT2D eigenvalue weighted by Crippen LogP contribution is 2.47. The van der Waals surface area contributed by atoms with Gasteiger partial charge < -0.3 is 4.42 Å². The lowest BCUT2D eigenvalue weighted by atomic mass is 9.88. The highest BCUT2D eigenvalue weighted by Gasteiger charge is 2.21. The molecule has 2 heteroatoms. The molecule has 0 N–H and O–H groups in total. The molecule has 0 aliphatic carbocycles. The molecule has 9 aromatic carbocycles. The smallest absolute Gasteiger partial charge is 0.143 e. The summed E-state index contributed by atoms with van der Waals surface area (Å²) in [6.07, 6.45) is 0. The number of benzene rings is 9. The molecular formula is C47H27NO. The molecule has 0 atom stereocenters. The Morgan fingerprint density at radius 3 is 1.71 bits per heavy atom. The Kier molecular flexibility index (Phi) is 5.42. The molecular weight excluding hydrogens is 595 g/mol. The van der Waals surface area contributed by atoms with E-state index in [1.54, 1.807) is 0 Å². The van der Waals surface area contributed by atoms with E-state index in [4.69, 9.17) is 9.40 Å². The van der Waals surface area contributed by atoms with Crippen LogP contribution >= 0.6 is 0 Å². The number of furan rings is 1. The van der Waals surface area contributed by atoms with Crippen molar-refractivity contribution in [1.29, 1.82) is 0 Å². The van der Waals surface area contributed by atoms with Crippen LogP contribution in [-0.2, 0) is 0 Å². The molecule has 2 aromatic heterocycles. The molecule has 0 radical (unpaired) electrons. The normalized spacial score (nSPS) is 12.1. The number of fused-ring (bicyclic) bond motifs is 12. The minimum atomic E-state index is 0.904. The van der Waals surface area contributed by atoms with Crippen LogP contribution in [0.15, 0.2) is 168 Å². The van der Waals surface area contributed by atoms with Crippen LogP contribution < -0.4 is 0 Å². The van der Waals surface area contributed by atoms with Crippen molar-refractivity contribution in [3.63, 3.8) is 0 Å². The summed E-state index contributed by atoms with van der Waals surface area (Å²) in [4.78, 5) is 5.42. The molecule has 0 unspecified atom stereocenters. The Morgan fingerprint density at radius 2 is 0.959 bits per heavy atom. The van der Waals surface area contributed by atoms with E-state index in [0.29, 0.717) is 0 Å². The number of hydrogen-bond donors (Lipinski definition) is 0. The zero-order chi connectivity index (χ0) is 32.1. The second-order valence-electron chi connectivity index (χ2n) is 13.1. The molecule has 0 aliphatic heterocycles. The van der Waals surface area contributed by atoms with Crippen molar-refractivity contribution in [2.24, 2.45) is 0 Å². The first kappa shape index (κ1) is 26.5. The summed E-state index contributed by atoms with van der Waals surface area (Å²) >= 11 is 0. The third-order valence-corrected chi connectivity index (χ3v) is 10.3. The van der Waals surface area contributed by atoms with Gasteiger partial charge in [0, 0.05) is 38.1 Å². The quantitative estimate of drug-likeness (QED) is 0.142. The van der Waals surface area contributed by atoms with Crippen LogP contribution in [0.1, 0.15) is 0 Å². The maximum atomic E-state index is 6.93. The van der Waals surface area contributed by atoms with Gasteiger partial charge in [0.05, 0.1) is 11.2 Å². The SMILES string of the molecule is c1ccc(-c2nc3cc4ccccc4cc3c3c2cc(-c2cc4ccccc4c4c2oc2cc5ccccc5cc24)c2ccccc23)cc1. The Morgan fingerprint density at radius 1 is 0.367 bits per heavy atom. The predicted molar refractivity (Wildman–Crippen MR) is 207 cm³/mol. The van der Waals surface area contributed by atoms with Gasteiger partial charge in [-0.3, -0.25) is 0 Å². The van der Waals surface area contributed by atoms with Crippen LogP contribution in [0.3, 0.4) is 0 Å². The number of rotatable bonds is 2. The van der Waals surface area contributed by atoms with Crippen LogP contribution in [0.4, 0.5) is 0 Å². The summed E-state index contributed by atoms with van der Waals surface area (Å²) in [5.74, 6) is 0. The van der Waals surface area contributed by atoms with Gasteiger partial charge in [-0.05, 0) is 85.1 Å². The molecule has 2 nitrogen and oxygen atoms in total. The molecule has 0 aliphatic rings. The number of aromatic nitrogens is 1. The maximum Gasteiger partial charge on any atom is 0.143 e. The van der Waals surface area contributed by atoms with E-state index in [9.17, 15) is 0 Å². The topological polar surface area (TPSA) is 26.0 Å². The average Bonchev–Trinajstić information content (AvgIpc) is 3.54. The van der Waals surface area contributed by atoms with E-state index in [-0.39, 0.29) is 0 Å². The first-order valence-electron chi connectivity index (χ1n) is 16.8. The van der Waals surface area contributed by atoms with Gasteiger partial charge in [-0.2, -0.15) is 0 Å². The van der Waals surface area contributed by atoms with E-state index < -0.39 is 0 Å². The van der Waals surface area contributed by atoms with Crippen LogP contribution in [-0.4, -0.2) is 4.98 Å². The fourth-order valence-corrected chi connectivity index (χ4v) is 8.10. The third kappa shape index (κ3) is 3.86. The second-order valence-corrected chi connectivity index (χ2v) is 13.1. The molecule has 226 valence electrons. The zero-order valence-corrected chi connectivity index (χ0v) is 26.4. The minimum absolute atomic E-state index is 0.904. The van der Waals surface area contributed by atoms with E-state index in [1.807, 2.05) is 0 Å². The van der Waals surface area contributed by atoms with Gasteiger partial charge in [0.2, 0.25) is 0 Å². The van der Waals surface area contributed by atoms with Gasteiger partial charge in [-0.25, -0.2) is 4.98 Å². The summed E-state index contributed by atoms with van der Waals surface area (Å²) in [5.41, 5.74) is 7.13. The van der Waals surface area contributed by atoms with Crippen molar-refractivity contribution in [1.82, 2.24) is 4.98 Å². The third-order valence-electron chi connectivity index (χ3n) is 10.3. The van der Waals surface area contributed by atoms with Gasteiger partial charge >= 0.3 is 0 Å².